The third-order valence-electron chi connectivity index (χ3n) is 2.35. The lowest BCUT2D eigenvalue weighted by Crippen LogP contribution is -2.26. The SMILES string of the molecule is CCOC(=O)CC(C)C(C)(C)C=O. The minimum absolute atomic E-state index is 0.0176. The number of hydrogen-bond donors (Lipinski definition) is 0. The van der Waals surface area contributed by atoms with Crippen LogP contribution in [0.2, 0.25) is 0 Å². The van der Waals surface area contributed by atoms with Crippen molar-refractivity contribution in [1.82, 2.24) is 0 Å². The van der Waals surface area contributed by atoms with Crippen LogP contribution in [0.5, 0.6) is 0 Å². The molecule has 0 bridgehead atoms. The summed E-state index contributed by atoms with van der Waals surface area (Å²) in [7, 11) is 0. The van der Waals surface area contributed by atoms with Crippen LogP contribution in [0.15, 0.2) is 0 Å². The Balaban J connectivity index is 4.06. The Kier molecular flexibility index (Phi) is 4.67. The standard InChI is InChI=1S/C10H18O3/c1-5-13-9(12)6-8(2)10(3,4)7-11/h7-8H,5-6H2,1-4H3. The Morgan fingerprint density at radius 2 is 2.08 bits per heavy atom. The maximum atomic E-state index is 11.1. The van der Waals surface area contributed by atoms with Crippen molar-refractivity contribution in [3.05, 3.63) is 0 Å². The average Bonchev–Trinajstić information content (AvgIpc) is 2.04. The van der Waals surface area contributed by atoms with E-state index in [2.05, 4.69) is 0 Å². The topological polar surface area (TPSA) is 43.4 Å². The molecular weight excluding hydrogens is 168 g/mol. The Morgan fingerprint density at radius 3 is 2.46 bits per heavy atom. The van der Waals surface area contributed by atoms with Gasteiger partial charge in [-0.05, 0) is 12.8 Å². The molecule has 0 saturated heterocycles. The van der Waals surface area contributed by atoms with Crippen molar-refractivity contribution < 1.29 is 14.3 Å². The smallest absolute Gasteiger partial charge is 0.306 e. The van der Waals surface area contributed by atoms with Gasteiger partial charge in [0, 0.05) is 11.8 Å². The van der Waals surface area contributed by atoms with E-state index in [1.54, 1.807) is 6.92 Å². The average molecular weight is 186 g/mol. The van der Waals surface area contributed by atoms with Crippen molar-refractivity contribution in [2.45, 2.75) is 34.1 Å². The predicted molar refractivity (Wildman–Crippen MR) is 50.3 cm³/mol. The van der Waals surface area contributed by atoms with E-state index in [1.807, 2.05) is 20.8 Å². The van der Waals surface area contributed by atoms with Gasteiger partial charge in [0.15, 0.2) is 0 Å². The molecule has 13 heavy (non-hydrogen) atoms. The van der Waals surface area contributed by atoms with Gasteiger partial charge in [-0.3, -0.25) is 4.79 Å². The monoisotopic (exact) mass is 186 g/mol. The molecule has 0 aromatic rings. The number of carbonyl (C=O) groups excluding carboxylic acids is 2. The summed E-state index contributed by atoms with van der Waals surface area (Å²) in [6, 6.07) is 0. The summed E-state index contributed by atoms with van der Waals surface area (Å²) >= 11 is 0. The van der Waals surface area contributed by atoms with Gasteiger partial charge in [-0.1, -0.05) is 20.8 Å². The molecule has 0 aliphatic carbocycles. The Morgan fingerprint density at radius 1 is 1.54 bits per heavy atom. The third-order valence-corrected chi connectivity index (χ3v) is 2.35. The van der Waals surface area contributed by atoms with Crippen molar-refractivity contribution in [1.29, 1.82) is 0 Å². The third kappa shape index (κ3) is 4.06. The van der Waals surface area contributed by atoms with Crippen LogP contribution in [-0.4, -0.2) is 18.9 Å². The van der Waals surface area contributed by atoms with Gasteiger partial charge in [0.2, 0.25) is 0 Å². The summed E-state index contributed by atoms with van der Waals surface area (Å²) in [6.45, 7) is 7.69. The highest BCUT2D eigenvalue weighted by atomic mass is 16.5. The number of carbonyl (C=O) groups is 2. The van der Waals surface area contributed by atoms with Crippen LogP contribution in [0.4, 0.5) is 0 Å². The van der Waals surface area contributed by atoms with E-state index >= 15 is 0 Å². The minimum atomic E-state index is -0.452. The van der Waals surface area contributed by atoms with Crippen LogP contribution in [-0.2, 0) is 14.3 Å². The molecule has 0 fully saturated rings. The van der Waals surface area contributed by atoms with E-state index in [1.165, 1.54) is 0 Å². The molecule has 0 amide bonds. The van der Waals surface area contributed by atoms with Gasteiger partial charge in [0.25, 0.3) is 0 Å². The van der Waals surface area contributed by atoms with Crippen molar-refractivity contribution in [2.75, 3.05) is 6.61 Å². The van der Waals surface area contributed by atoms with Crippen LogP contribution < -0.4 is 0 Å². The second-order valence-electron chi connectivity index (χ2n) is 3.85. The molecule has 76 valence electrons. The number of esters is 1. The van der Waals surface area contributed by atoms with Crippen molar-refractivity contribution in [3.63, 3.8) is 0 Å². The molecule has 0 aromatic carbocycles. The molecule has 0 aliphatic rings. The fourth-order valence-electron chi connectivity index (χ4n) is 0.849. The van der Waals surface area contributed by atoms with Crippen molar-refractivity contribution >= 4 is 12.3 Å². The highest BCUT2D eigenvalue weighted by molar-refractivity contribution is 5.71. The number of ether oxygens (including phenoxy) is 1. The molecule has 0 spiro atoms. The molecular formula is C10H18O3. The predicted octanol–water partition coefficient (Wildman–Crippen LogP) is 1.80. The van der Waals surface area contributed by atoms with E-state index in [4.69, 9.17) is 4.74 Å². The normalized spacial score (nSPS) is 13.5. The van der Waals surface area contributed by atoms with E-state index < -0.39 is 5.41 Å². The number of aldehydes is 1. The van der Waals surface area contributed by atoms with E-state index in [9.17, 15) is 9.59 Å². The first-order valence-corrected chi connectivity index (χ1v) is 4.56. The van der Waals surface area contributed by atoms with Gasteiger partial charge in [0.1, 0.15) is 6.29 Å². The zero-order chi connectivity index (χ0) is 10.5. The number of rotatable bonds is 5. The summed E-state index contributed by atoms with van der Waals surface area (Å²) in [4.78, 5) is 21.7. The molecule has 3 heteroatoms. The zero-order valence-corrected chi connectivity index (χ0v) is 8.79. The zero-order valence-electron chi connectivity index (χ0n) is 8.79. The molecule has 3 nitrogen and oxygen atoms in total. The quantitative estimate of drug-likeness (QED) is 0.485. The molecule has 1 unspecified atom stereocenters. The molecule has 0 heterocycles. The molecule has 0 N–H and O–H groups in total. The lowest BCUT2D eigenvalue weighted by atomic mass is 9.80. The van der Waals surface area contributed by atoms with Crippen molar-refractivity contribution in [2.24, 2.45) is 11.3 Å². The van der Waals surface area contributed by atoms with Gasteiger partial charge in [-0.15, -0.1) is 0 Å². The van der Waals surface area contributed by atoms with Gasteiger partial charge >= 0.3 is 5.97 Å². The fourth-order valence-corrected chi connectivity index (χ4v) is 0.849. The van der Waals surface area contributed by atoms with E-state index in [-0.39, 0.29) is 11.9 Å². The van der Waals surface area contributed by atoms with E-state index in [0.717, 1.165) is 6.29 Å². The minimum Gasteiger partial charge on any atom is -0.466 e. The van der Waals surface area contributed by atoms with Crippen LogP contribution in [0, 0.1) is 11.3 Å². The molecule has 1 atom stereocenters. The van der Waals surface area contributed by atoms with Crippen molar-refractivity contribution in [3.8, 4) is 0 Å². The first kappa shape index (κ1) is 12.1. The summed E-state index contributed by atoms with van der Waals surface area (Å²) in [5, 5.41) is 0. The summed E-state index contributed by atoms with van der Waals surface area (Å²) in [5.41, 5.74) is -0.452. The molecule has 0 aliphatic heterocycles. The first-order chi connectivity index (χ1) is 5.94. The van der Waals surface area contributed by atoms with E-state index in [0.29, 0.717) is 13.0 Å². The first-order valence-electron chi connectivity index (χ1n) is 4.56. The summed E-state index contributed by atoms with van der Waals surface area (Å²) in [5.74, 6) is -0.214. The summed E-state index contributed by atoms with van der Waals surface area (Å²) < 4.78 is 4.80. The maximum Gasteiger partial charge on any atom is 0.306 e. The Hall–Kier alpha value is -0.860. The Bertz CT molecular complexity index is 185. The second-order valence-corrected chi connectivity index (χ2v) is 3.85. The lowest BCUT2D eigenvalue weighted by Gasteiger charge is -2.24. The Labute approximate surface area is 79.5 Å². The molecule has 0 rings (SSSR count). The van der Waals surface area contributed by atoms with Crippen LogP contribution >= 0.6 is 0 Å². The molecule has 0 saturated carbocycles. The van der Waals surface area contributed by atoms with Gasteiger partial charge < -0.3 is 9.53 Å². The molecule has 0 aromatic heterocycles. The maximum absolute atomic E-state index is 11.1. The van der Waals surface area contributed by atoms with Gasteiger partial charge in [-0.2, -0.15) is 0 Å². The number of hydrogen-bond acceptors (Lipinski definition) is 3. The van der Waals surface area contributed by atoms with Gasteiger partial charge in [0.05, 0.1) is 6.61 Å². The highest BCUT2D eigenvalue weighted by Crippen LogP contribution is 2.26. The largest absolute Gasteiger partial charge is 0.466 e. The summed E-state index contributed by atoms with van der Waals surface area (Å²) in [6.07, 6.45) is 1.19. The van der Waals surface area contributed by atoms with Crippen LogP contribution in [0.25, 0.3) is 0 Å². The fraction of sp³-hybridized carbons (Fsp3) is 0.800. The van der Waals surface area contributed by atoms with Gasteiger partial charge in [-0.25, -0.2) is 0 Å². The molecule has 0 radical (unpaired) electrons. The second kappa shape index (κ2) is 5.00. The highest BCUT2D eigenvalue weighted by Gasteiger charge is 2.27. The van der Waals surface area contributed by atoms with Crippen LogP contribution in [0.3, 0.4) is 0 Å². The lowest BCUT2D eigenvalue weighted by molar-refractivity contribution is -0.145. The van der Waals surface area contributed by atoms with Crippen LogP contribution in [0.1, 0.15) is 34.1 Å².